The normalized spacial score (nSPS) is 39.4. The van der Waals surface area contributed by atoms with Crippen molar-refractivity contribution in [2.75, 3.05) is 12.3 Å². The second-order valence-corrected chi connectivity index (χ2v) is 13.5. The first kappa shape index (κ1) is 28.4. The van der Waals surface area contributed by atoms with E-state index in [1.807, 2.05) is 25.1 Å². The molecule has 4 fully saturated rings. The summed E-state index contributed by atoms with van der Waals surface area (Å²) in [7, 11) is 0. The zero-order chi connectivity index (χ0) is 30.3. The number of anilines is 1. The molecule has 0 bridgehead atoms. The number of nitrogens with two attached hydrogens (primary N) is 1. The fourth-order valence-electron chi connectivity index (χ4n) is 9.44. The van der Waals surface area contributed by atoms with E-state index in [2.05, 4.69) is 6.92 Å². The number of allylic oxidation sites excluding steroid dienone is 4. The monoisotopic (exact) mass is 586 g/mol. The van der Waals surface area contributed by atoms with Crippen molar-refractivity contribution in [3.8, 4) is 0 Å². The molecule has 0 amide bonds. The summed E-state index contributed by atoms with van der Waals surface area (Å²) in [6, 6.07) is 8.91. The molecule has 1 saturated heterocycles. The number of nitrogen functional groups attached to an aromatic ring is 1. The number of aromatic nitrogens is 1. The van der Waals surface area contributed by atoms with Gasteiger partial charge in [-0.1, -0.05) is 37.6 Å². The number of fused-ring (bicyclic) bond motifs is 7. The Kier molecular flexibility index (Phi) is 6.49. The van der Waals surface area contributed by atoms with Gasteiger partial charge in [-0.2, -0.15) is 0 Å². The predicted molar refractivity (Wildman–Crippen MR) is 157 cm³/mol. The fourth-order valence-corrected chi connectivity index (χ4v) is 9.44. The lowest BCUT2D eigenvalue weighted by atomic mass is 9.46. The number of hydrogen-bond donors (Lipinski definition) is 3. The molecule has 4 N–H and O–H groups in total. The number of benzene rings is 1. The molecule has 0 radical (unpaired) electrons. The van der Waals surface area contributed by atoms with Crippen molar-refractivity contribution in [3.05, 3.63) is 77.7 Å². The molecule has 1 aromatic carbocycles. The zero-order valence-electron chi connectivity index (χ0n) is 24.4. The minimum atomic E-state index is -1.44. The van der Waals surface area contributed by atoms with Gasteiger partial charge in [0.15, 0.2) is 23.5 Å². The lowest BCUT2D eigenvalue weighted by Gasteiger charge is -2.59. The summed E-state index contributed by atoms with van der Waals surface area (Å²) < 4.78 is 14.6. The van der Waals surface area contributed by atoms with E-state index in [4.69, 9.17) is 15.2 Å². The van der Waals surface area contributed by atoms with Crippen LogP contribution in [-0.2, 0) is 25.5 Å². The molecule has 0 spiro atoms. The highest BCUT2D eigenvalue weighted by Crippen LogP contribution is 2.70. The van der Waals surface area contributed by atoms with Gasteiger partial charge in [0, 0.05) is 40.4 Å². The van der Waals surface area contributed by atoms with Crippen LogP contribution >= 0.6 is 0 Å². The van der Waals surface area contributed by atoms with Gasteiger partial charge in [0.05, 0.1) is 18.6 Å². The fraction of sp³-hybridized carbons (Fsp3) is 0.500. The number of Topliss-reactive ketones (excluding diaryl/α,β-unsaturated/α-hetero) is 1. The van der Waals surface area contributed by atoms with Crippen LogP contribution in [0, 0.1) is 28.6 Å². The summed E-state index contributed by atoms with van der Waals surface area (Å²) in [6.07, 6.45) is 8.96. The van der Waals surface area contributed by atoms with Gasteiger partial charge in [0.2, 0.25) is 5.91 Å². The van der Waals surface area contributed by atoms with Gasteiger partial charge in [0.1, 0.15) is 6.61 Å². The average Bonchev–Trinajstić information content (AvgIpc) is 3.67. The van der Waals surface area contributed by atoms with E-state index in [0.717, 1.165) is 24.0 Å². The lowest BCUT2D eigenvalue weighted by Crippen LogP contribution is -2.63. The molecule has 0 unspecified atom stereocenters. The molecule has 9 atom stereocenters. The molecule has 43 heavy (non-hydrogen) atoms. The maximum absolute atomic E-state index is 13.7. The molecule has 7 rings (SSSR count). The lowest BCUT2D eigenvalue weighted by molar-refractivity contribution is -0.201. The molecule has 226 valence electrons. The van der Waals surface area contributed by atoms with Gasteiger partial charge in [-0.25, -0.2) is 0 Å². The molecule has 9 nitrogen and oxygen atoms in total. The van der Waals surface area contributed by atoms with Crippen molar-refractivity contribution < 1.29 is 34.1 Å². The van der Waals surface area contributed by atoms with Crippen molar-refractivity contribution in [2.45, 2.75) is 70.1 Å². The highest BCUT2D eigenvalue weighted by atomic mass is 16.7. The average molecular weight is 587 g/mol. The molecule has 1 aliphatic heterocycles. The third kappa shape index (κ3) is 4.01. The van der Waals surface area contributed by atoms with Crippen molar-refractivity contribution in [3.63, 3.8) is 0 Å². The first-order chi connectivity index (χ1) is 20.5. The standard InChI is InChI=1S/C34H38N2O7/c1-32-11-9-23(38)14-21(32)5-8-24-25-15-28-34(27(40)18-37,33(25,2)16-26(39)30(24)32)43-31(42-28)20-10-12-36(17-20)29(41)13-19-3-6-22(35)7-4-19/h3-4,6-7,9-12,14,17,24-26,28,30-31,37,39H,5,8,13,15-16,18,35H2,1-2H3/t24-,25-,26-,28+,30+,31+,32-,33-,34+/m0/s1. The number of aliphatic hydroxyl groups excluding tert-OH is 2. The van der Waals surface area contributed by atoms with Crippen molar-refractivity contribution in [2.24, 2.45) is 28.6 Å². The topological polar surface area (TPSA) is 141 Å². The Bertz CT molecular complexity index is 1560. The first-order valence-corrected chi connectivity index (χ1v) is 15.2. The van der Waals surface area contributed by atoms with Crippen LogP contribution in [0.4, 0.5) is 5.69 Å². The second kappa shape index (κ2) is 9.82. The Morgan fingerprint density at radius 2 is 1.93 bits per heavy atom. The third-order valence-electron chi connectivity index (χ3n) is 11.4. The second-order valence-electron chi connectivity index (χ2n) is 13.5. The maximum atomic E-state index is 13.7. The summed E-state index contributed by atoms with van der Waals surface area (Å²) >= 11 is 0. The quantitative estimate of drug-likeness (QED) is 0.452. The molecule has 9 heteroatoms. The van der Waals surface area contributed by atoms with Gasteiger partial charge in [-0.05, 0) is 73.4 Å². The van der Waals surface area contributed by atoms with E-state index in [-0.39, 0.29) is 35.9 Å². The van der Waals surface area contributed by atoms with Crippen LogP contribution in [0.3, 0.4) is 0 Å². The number of aliphatic hydroxyl groups is 2. The number of ether oxygens (including phenoxy) is 2. The molecular formula is C34H38N2O7. The van der Waals surface area contributed by atoms with E-state index in [9.17, 15) is 24.6 Å². The predicted octanol–water partition coefficient (Wildman–Crippen LogP) is 3.56. The van der Waals surface area contributed by atoms with Crippen molar-refractivity contribution >= 4 is 23.2 Å². The number of nitrogens with zero attached hydrogens (tertiary/aromatic N) is 1. The van der Waals surface area contributed by atoms with Crippen LogP contribution < -0.4 is 5.73 Å². The number of carbonyl (C=O) groups excluding carboxylic acids is 3. The van der Waals surface area contributed by atoms with E-state index in [1.54, 1.807) is 42.7 Å². The van der Waals surface area contributed by atoms with Crippen LogP contribution in [0.25, 0.3) is 0 Å². The van der Waals surface area contributed by atoms with Crippen LogP contribution in [0.2, 0.25) is 0 Å². The molecule has 3 saturated carbocycles. The molecule has 4 aliphatic carbocycles. The largest absolute Gasteiger partial charge is 0.399 e. The van der Waals surface area contributed by atoms with Crippen LogP contribution in [-0.4, -0.2) is 56.7 Å². The van der Waals surface area contributed by atoms with E-state index in [1.165, 1.54) is 4.57 Å². The van der Waals surface area contributed by atoms with E-state index in [0.29, 0.717) is 24.1 Å². The Morgan fingerprint density at radius 1 is 1.16 bits per heavy atom. The minimum Gasteiger partial charge on any atom is -0.399 e. The smallest absolute Gasteiger partial charge is 0.234 e. The van der Waals surface area contributed by atoms with Crippen molar-refractivity contribution in [1.82, 2.24) is 4.57 Å². The summed E-state index contributed by atoms with van der Waals surface area (Å²) in [5, 5.41) is 22.0. The minimum absolute atomic E-state index is 0.0119. The van der Waals surface area contributed by atoms with Crippen LogP contribution in [0.5, 0.6) is 0 Å². The summed E-state index contributed by atoms with van der Waals surface area (Å²) in [5.74, 6) is -0.607. The molecule has 1 aromatic heterocycles. The van der Waals surface area contributed by atoms with E-state index < -0.39 is 47.3 Å². The van der Waals surface area contributed by atoms with Crippen molar-refractivity contribution in [1.29, 1.82) is 0 Å². The molecular weight excluding hydrogens is 548 g/mol. The Morgan fingerprint density at radius 3 is 2.67 bits per heavy atom. The number of hydrogen-bond acceptors (Lipinski definition) is 8. The number of ketones is 2. The van der Waals surface area contributed by atoms with Crippen LogP contribution in [0.15, 0.2) is 66.5 Å². The first-order valence-electron chi connectivity index (χ1n) is 15.2. The van der Waals surface area contributed by atoms with Gasteiger partial charge in [-0.15, -0.1) is 0 Å². The van der Waals surface area contributed by atoms with Gasteiger partial charge in [0.25, 0.3) is 0 Å². The summed E-state index contributed by atoms with van der Waals surface area (Å²) in [4.78, 5) is 38.9. The van der Waals surface area contributed by atoms with Gasteiger partial charge < -0.3 is 25.4 Å². The van der Waals surface area contributed by atoms with E-state index >= 15 is 0 Å². The zero-order valence-corrected chi connectivity index (χ0v) is 24.4. The Hall–Kier alpha value is -3.37. The maximum Gasteiger partial charge on any atom is 0.234 e. The highest BCUT2D eigenvalue weighted by Gasteiger charge is 2.75. The molecule has 5 aliphatic rings. The highest BCUT2D eigenvalue weighted by molar-refractivity contribution is 6.01. The number of carbonyl (C=O) groups is 3. The Labute approximate surface area is 250 Å². The van der Waals surface area contributed by atoms with Gasteiger partial charge in [-0.3, -0.25) is 19.0 Å². The number of rotatable bonds is 5. The SMILES string of the molecule is C[C@]12C=CC(=O)C=C1CC[C@@H]1[C@@H]2[C@@H](O)C[C@@]2(C)[C@H]1C[C@H]1O[C@@H](c3ccn(C(=O)Cc4ccc(N)cc4)c3)O[C@]12C(=O)CO. The summed E-state index contributed by atoms with van der Waals surface area (Å²) in [6.45, 7) is 3.42. The third-order valence-corrected chi connectivity index (χ3v) is 11.4. The molecule has 2 heterocycles. The molecule has 2 aromatic rings. The summed E-state index contributed by atoms with van der Waals surface area (Å²) in [5.41, 5.74) is 6.24. The van der Waals surface area contributed by atoms with Gasteiger partial charge >= 0.3 is 0 Å². The Balaban J connectivity index is 1.17. The van der Waals surface area contributed by atoms with Crippen LogP contribution in [0.1, 0.15) is 61.7 Å².